The number of phenolic OH excluding ortho intramolecular Hbond substituents is 1. The summed E-state index contributed by atoms with van der Waals surface area (Å²) in [4.78, 5) is 10.1. The third-order valence-corrected chi connectivity index (χ3v) is 6.70. The number of phenols is 1. The molecule has 0 amide bonds. The van der Waals surface area contributed by atoms with Crippen LogP contribution in [0.5, 0.6) is 5.75 Å². The van der Waals surface area contributed by atoms with Crippen LogP contribution in [0, 0.1) is 23.2 Å². The van der Waals surface area contributed by atoms with E-state index in [4.69, 9.17) is 5.26 Å². The number of nitriles is 1. The molecule has 2 aliphatic carbocycles. The normalized spacial score (nSPS) is 24.7. The van der Waals surface area contributed by atoms with E-state index in [9.17, 15) is 5.11 Å². The number of fused-ring (bicyclic) bond motifs is 2. The van der Waals surface area contributed by atoms with Crippen LogP contribution < -0.4 is 4.90 Å². The SMILES string of the molecule is CN(c1cnc(-c2ccc(-n3cnc(C#N)n3)cc2O)nn1)[C@H]1C[C@@H]2CCC[C@@H](C2)[C@H]1F. The molecule has 0 aliphatic heterocycles. The van der Waals surface area contributed by atoms with Crippen molar-refractivity contribution in [1.82, 2.24) is 29.9 Å². The van der Waals surface area contributed by atoms with Gasteiger partial charge in [0.2, 0.25) is 0 Å². The minimum Gasteiger partial charge on any atom is -0.507 e. The highest BCUT2D eigenvalue weighted by atomic mass is 19.1. The Hall–Kier alpha value is -3.61. The van der Waals surface area contributed by atoms with Crippen LogP contribution in [0.15, 0.2) is 30.7 Å². The summed E-state index contributed by atoms with van der Waals surface area (Å²) in [7, 11) is 1.85. The Kier molecular flexibility index (Phi) is 5.17. The van der Waals surface area contributed by atoms with Crippen molar-refractivity contribution in [1.29, 1.82) is 5.26 Å². The van der Waals surface area contributed by atoms with Crippen molar-refractivity contribution < 1.29 is 9.50 Å². The fourth-order valence-electron chi connectivity index (χ4n) is 5.01. The van der Waals surface area contributed by atoms with Crippen molar-refractivity contribution >= 4 is 5.82 Å². The van der Waals surface area contributed by atoms with Gasteiger partial charge in [-0.3, -0.25) is 0 Å². The zero-order chi connectivity index (χ0) is 22.2. The maximum absolute atomic E-state index is 15.1. The number of hydrogen-bond acceptors (Lipinski definition) is 8. The number of alkyl halides is 1. The van der Waals surface area contributed by atoms with Gasteiger partial charge in [-0.15, -0.1) is 15.3 Å². The Morgan fingerprint density at radius 1 is 1.22 bits per heavy atom. The van der Waals surface area contributed by atoms with Crippen LogP contribution in [0.3, 0.4) is 0 Å². The summed E-state index contributed by atoms with van der Waals surface area (Å²) < 4.78 is 16.5. The quantitative estimate of drug-likeness (QED) is 0.666. The third kappa shape index (κ3) is 3.64. The second-order valence-electron chi connectivity index (χ2n) is 8.62. The summed E-state index contributed by atoms with van der Waals surface area (Å²) in [5.41, 5.74) is 0.952. The van der Waals surface area contributed by atoms with Crippen molar-refractivity contribution in [3.8, 4) is 28.9 Å². The molecule has 10 heteroatoms. The number of rotatable bonds is 4. The van der Waals surface area contributed by atoms with Crippen molar-refractivity contribution in [3.63, 3.8) is 0 Å². The number of nitrogens with zero attached hydrogens (tertiary/aromatic N) is 8. The predicted octanol–water partition coefficient (Wildman–Crippen LogP) is 3.05. The number of aromatic nitrogens is 6. The molecular weight excluding hydrogens is 411 g/mol. The Balaban J connectivity index is 1.35. The van der Waals surface area contributed by atoms with E-state index >= 15 is 4.39 Å². The zero-order valence-corrected chi connectivity index (χ0v) is 17.6. The first-order valence-electron chi connectivity index (χ1n) is 10.8. The van der Waals surface area contributed by atoms with Gasteiger partial charge >= 0.3 is 0 Å². The monoisotopic (exact) mass is 434 g/mol. The molecule has 2 aliphatic rings. The molecule has 2 fully saturated rings. The second-order valence-corrected chi connectivity index (χ2v) is 8.62. The van der Waals surface area contributed by atoms with E-state index < -0.39 is 6.17 Å². The molecule has 9 nitrogen and oxygen atoms in total. The highest BCUT2D eigenvalue weighted by Gasteiger charge is 2.42. The van der Waals surface area contributed by atoms with E-state index in [0.29, 0.717) is 23.0 Å². The van der Waals surface area contributed by atoms with Crippen molar-refractivity contribution in [2.24, 2.45) is 11.8 Å². The van der Waals surface area contributed by atoms with Crippen LogP contribution in [0.2, 0.25) is 0 Å². The second kappa shape index (κ2) is 8.15. The zero-order valence-electron chi connectivity index (χ0n) is 17.6. The van der Waals surface area contributed by atoms with Gasteiger partial charge in [-0.1, -0.05) is 12.8 Å². The van der Waals surface area contributed by atoms with Crippen molar-refractivity contribution in [2.45, 2.75) is 44.3 Å². The highest BCUT2D eigenvalue weighted by molar-refractivity contribution is 5.66. The molecule has 4 atom stereocenters. The van der Waals surface area contributed by atoms with E-state index in [-0.39, 0.29) is 29.4 Å². The fourth-order valence-corrected chi connectivity index (χ4v) is 5.01. The van der Waals surface area contributed by atoms with Gasteiger partial charge in [-0.05, 0) is 43.2 Å². The van der Waals surface area contributed by atoms with E-state index in [1.165, 1.54) is 23.5 Å². The molecule has 3 aromatic rings. The van der Waals surface area contributed by atoms with Gasteiger partial charge in [0.1, 0.15) is 24.3 Å². The predicted molar refractivity (Wildman–Crippen MR) is 114 cm³/mol. The highest BCUT2D eigenvalue weighted by Crippen LogP contribution is 2.43. The van der Waals surface area contributed by atoms with Gasteiger partial charge in [0, 0.05) is 13.1 Å². The Bertz CT molecular complexity index is 1160. The lowest BCUT2D eigenvalue weighted by molar-refractivity contribution is 0.0656. The molecule has 0 spiro atoms. The molecule has 0 radical (unpaired) electrons. The maximum atomic E-state index is 15.1. The molecule has 2 aromatic heterocycles. The molecular formula is C22H23FN8O. The number of benzene rings is 1. The van der Waals surface area contributed by atoms with Crippen LogP contribution in [0.4, 0.5) is 10.2 Å². The lowest BCUT2D eigenvalue weighted by atomic mass is 9.69. The standard InChI is InChI=1S/C22H23FN8O/c1-30(17-8-13-3-2-4-14(7-13)21(17)23)20-11-25-22(28-27-20)16-6-5-15(9-18(16)32)31-12-26-19(10-24)29-31/h5-6,9,11-14,17,21,32H,2-4,7-8H2,1H3/t13-,14+,17+,21-/m1/s1. The summed E-state index contributed by atoms with van der Waals surface area (Å²) in [6, 6.07) is 6.50. The summed E-state index contributed by atoms with van der Waals surface area (Å²) in [6.07, 6.45) is 7.20. The first kappa shape index (κ1) is 20.3. The summed E-state index contributed by atoms with van der Waals surface area (Å²) in [6.45, 7) is 0. The van der Waals surface area contributed by atoms with E-state index in [2.05, 4.69) is 25.3 Å². The Labute approximate surface area is 184 Å². The summed E-state index contributed by atoms with van der Waals surface area (Å²) >= 11 is 0. The van der Waals surface area contributed by atoms with Crippen LogP contribution in [-0.2, 0) is 0 Å². The minimum atomic E-state index is -0.868. The van der Waals surface area contributed by atoms with Crippen LogP contribution in [0.1, 0.15) is 37.9 Å². The third-order valence-electron chi connectivity index (χ3n) is 6.70. The molecule has 164 valence electrons. The smallest absolute Gasteiger partial charge is 0.252 e. The number of aromatic hydroxyl groups is 1. The van der Waals surface area contributed by atoms with Gasteiger partial charge in [0.05, 0.1) is 23.5 Å². The molecule has 2 saturated carbocycles. The first-order chi connectivity index (χ1) is 15.5. The number of anilines is 1. The molecule has 2 heterocycles. The van der Waals surface area contributed by atoms with E-state index in [1.54, 1.807) is 18.3 Å². The number of hydrogen-bond donors (Lipinski definition) is 1. The van der Waals surface area contributed by atoms with Gasteiger partial charge in [0.15, 0.2) is 11.6 Å². The maximum Gasteiger partial charge on any atom is 0.252 e. The topological polar surface area (TPSA) is 117 Å². The Morgan fingerprint density at radius 3 is 2.81 bits per heavy atom. The van der Waals surface area contributed by atoms with E-state index in [1.807, 2.05) is 18.0 Å². The fraction of sp³-hybridized carbons (Fsp3) is 0.455. The van der Waals surface area contributed by atoms with Crippen molar-refractivity contribution in [2.75, 3.05) is 11.9 Å². The van der Waals surface area contributed by atoms with E-state index in [0.717, 1.165) is 25.7 Å². The Morgan fingerprint density at radius 2 is 2.09 bits per heavy atom. The summed E-state index contributed by atoms with van der Waals surface area (Å²) in [5, 5.41) is 31.8. The van der Waals surface area contributed by atoms with Crippen molar-refractivity contribution in [3.05, 3.63) is 36.5 Å². The largest absolute Gasteiger partial charge is 0.507 e. The molecule has 5 rings (SSSR count). The molecule has 1 N–H and O–H groups in total. The summed E-state index contributed by atoms with van der Waals surface area (Å²) in [5.74, 6) is 1.49. The molecule has 0 saturated heterocycles. The van der Waals surface area contributed by atoms with Gasteiger partial charge in [-0.2, -0.15) is 5.26 Å². The molecule has 32 heavy (non-hydrogen) atoms. The lowest BCUT2D eigenvalue weighted by Gasteiger charge is -2.45. The van der Waals surface area contributed by atoms with Crippen LogP contribution >= 0.6 is 0 Å². The van der Waals surface area contributed by atoms with Gasteiger partial charge in [0.25, 0.3) is 5.82 Å². The first-order valence-corrected chi connectivity index (χ1v) is 10.8. The lowest BCUT2D eigenvalue weighted by Crippen LogP contribution is -2.49. The average molecular weight is 434 g/mol. The molecule has 1 aromatic carbocycles. The minimum absolute atomic E-state index is 0.0397. The number of halogens is 1. The molecule has 0 unspecified atom stereocenters. The van der Waals surface area contributed by atoms with Gasteiger partial charge < -0.3 is 10.0 Å². The van der Waals surface area contributed by atoms with Crippen LogP contribution in [-0.4, -0.2) is 54.3 Å². The van der Waals surface area contributed by atoms with Crippen LogP contribution in [0.25, 0.3) is 17.1 Å². The average Bonchev–Trinajstić information content (AvgIpc) is 3.31. The van der Waals surface area contributed by atoms with Gasteiger partial charge in [-0.25, -0.2) is 19.0 Å². The molecule has 2 bridgehead atoms.